The zero-order valence-electron chi connectivity index (χ0n) is 12.1. The topological polar surface area (TPSA) is 66.6 Å². The van der Waals surface area contributed by atoms with Crippen LogP contribution in [0.15, 0.2) is 18.2 Å². The second kappa shape index (κ2) is 5.94. The zero-order valence-corrected chi connectivity index (χ0v) is 12.1. The van der Waals surface area contributed by atoms with Gasteiger partial charge in [0.2, 0.25) is 5.91 Å². The van der Waals surface area contributed by atoms with E-state index in [9.17, 15) is 9.59 Å². The van der Waals surface area contributed by atoms with Crippen LogP contribution in [0.2, 0.25) is 0 Å². The van der Waals surface area contributed by atoms with E-state index in [1.807, 2.05) is 19.1 Å². The van der Waals surface area contributed by atoms with Gasteiger partial charge in [0.05, 0.1) is 5.56 Å². The fourth-order valence-corrected chi connectivity index (χ4v) is 2.58. The van der Waals surface area contributed by atoms with Crippen molar-refractivity contribution in [1.29, 1.82) is 0 Å². The van der Waals surface area contributed by atoms with Crippen LogP contribution in [-0.2, 0) is 4.79 Å². The number of aryl methyl sites for hydroxylation is 1. The molecule has 2 amide bonds. The monoisotopic (exact) mass is 275 g/mol. The Labute approximate surface area is 119 Å². The lowest BCUT2D eigenvalue weighted by Gasteiger charge is -2.22. The minimum atomic E-state index is -0.0361. The fourth-order valence-electron chi connectivity index (χ4n) is 2.58. The van der Waals surface area contributed by atoms with Crippen molar-refractivity contribution in [3.05, 3.63) is 29.3 Å². The van der Waals surface area contributed by atoms with Gasteiger partial charge in [0.1, 0.15) is 0 Å². The lowest BCUT2D eigenvalue weighted by Crippen LogP contribution is -2.37. The van der Waals surface area contributed by atoms with Gasteiger partial charge in [-0.05, 0) is 25.0 Å². The highest BCUT2D eigenvalue weighted by molar-refractivity contribution is 6.00. The van der Waals surface area contributed by atoms with Crippen molar-refractivity contribution in [2.75, 3.05) is 31.9 Å². The van der Waals surface area contributed by atoms with Crippen molar-refractivity contribution < 1.29 is 9.59 Å². The Kier molecular flexibility index (Phi) is 4.27. The van der Waals surface area contributed by atoms with Crippen LogP contribution in [0.3, 0.4) is 0 Å². The number of amides is 2. The maximum absolute atomic E-state index is 12.6. The summed E-state index contributed by atoms with van der Waals surface area (Å²) in [4.78, 5) is 27.6. The van der Waals surface area contributed by atoms with Crippen LogP contribution in [0, 0.1) is 6.92 Å². The number of benzene rings is 1. The van der Waals surface area contributed by atoms with E-state index < -0.39 is 0 Å². The Bertz CT molecular complexity index is 508. The first-order valence-electron chi connectivity index (χ1n) is 6.90. The van der Waals surface area contributed by atoms with Crippen LogP contribution in [0.25, 0.3) is 0 Å². The minimum absolute atomic E-state index is 0.0361. The smallest absolute Gasteiger partial charge is 0.256 e. The van der Waals surface area contributed by atoms with E-state index in [4.69, 9.17) is 5.73 Å². The van der Waals surface area contributed by atoms with E-state index in [-0.39, 0.29) is 11.8 Å². The summed E-state index contributed by atoms with van der Waals surface area (Å²) in [5, 5.41) is 0. The van der Waals surface area contributed by atoms with Gasteiger partial charge in [-0.2, -0.15) is 0 Å². The van der Waals surface area contributed by atoms with Crippen LogP contribution in [0.5, 0.6) is 0 Å². The molecule has 0 saturated carbocycles. The molecule has 20 heavy (non-hydrogen) atoms. The van der Waals surface area contributed by atoms with Gasteiger partial charge in [-0.3, -0.25) is 9.59 Å². The largest absolute Gasteiger partial charge is 0.398 e. The summed E-state index contributed by atoms with van der Waals surface area (Å²) in [7, 11) is 0. The van der Waals surface area contributed by atoms with E-state index in [1.165, 1.54) is 0 Å². The van der Waals surface area contributed by atoms with Gasteiger partial charge in [-0.1, -0.05) is 12.1 Å². The second-order valence-electron chi connectivity index (χ2n) is 5.19. The lowest BCUT2D eigenvalue weighted by molar-refractivity contribution is -0.128. The zero-order chi connectivity index (χ0) is 14.7. The molecule has 0 radical (unpaired) electrons. The van der Waals surface area contributed by atoms with Crippen LogP contribution in [-0.4, -0.2) is 47.8 Å². The normalized spacial score (nSPS) is 15.9. The maximum atomic E-state index is 12.6. The van der Waals surface area contributed by atoms with Crippen molar-refractivity contribution in [3.63, 3.8) is 0 Å². The van der Waals surface area contributed by atoms with Gasteiger partial charge in [0.15, 0.2) is 0 Å². The highest BCUT2D eigenvalue weighted by Crippen LogP contribution is 2.19. The van der Waals surface area contributed by atoms with Crippen molar-refractivity contribution in [2.45, 2.75) is 20.3 Å². The molecule has 1 saturated heterocycles. The van der Waals surface area contributed by atoms with Crippen LogP contribution in [0.4, 0.5) is 5.69 Å². The van der Waals surface area contributed by atoms with Gasteiger partial charge in [0.25, 0.3) is 5.91 Å². The molecular weight excluding hydrogens is 254 g/mol. The molecule has 1 fully saturated rings. The molecule has 1 aromatic rings. The number of nitrogen functional groups attached to an aromatic ring is 1. The molecule has 2 rings (SSSR count). The number of rotatable bonds is 1. The Morgan fingerprint density at radius 2 is 1.75 bits per heavy atom. The summed E-state index contributed by atoms with van der Waals surface area (Å²) in [6, 6.07) is 5.49. The molecule has 5 nitrogen and oxygen atoms in total. The predicted octanol–water partition coefficient (Wildman–Crippen LogP) is 1.27. The third kappa shape index (κ3) is 2.92. The average Bonchev–Trinajstić information content (AvgIpc) is 2.64. The number of hydrogen-bond donors (Lipinski definition) is 1. The molecule has 0 aliphatic carbocycles. The molecule has 0 bridgehead atoms. The first-order valence-corrected chi connectivity index (χ1v) is 6.90. The van der Waals surface area contributed by atoms with Crippen molar-refractivity contribution >= 4 is 17.5 Å². The fraction of sp³-hybridized carbons (Fsp3) is 0.467. The Hall–Kier alpha value is -2.04. The van der Waals surface area contributed by atoms with Gasteiger partial charge < -0.3 is 15.5 Å². The Balaban J connectivity index is 2.16. The average molecular weight is 275 g/mol. The minimum Gasteiger partial charge on any atom is -0.398 e. The number of anilines is 1. The molecular formula is C15H21N3O2. The van der Waals surface area contributed by atoms with Crippen LogP contribution < -0.4 is 5.73 Å². The van der Waals surface area contributed by atoms with E-state index >= 15 is 0 Å². The third-order valence-corrected chi connectivity index (χ3v) is 3.75. The molecule has 1 aliphatic rings. The van der Waals surface area contributed by atoms with Crippen molar-refractivity contribution in [2.24, 2.45) is 0 Å². The van der Waals surface area contributed by atoms with Gasteiger partial charge in [-0.25, -0.2) is 0 Å². The number of nitrogens with two attached hydrogens (primary N) is 1. The summed E-state index contributed by atoms with van der Waals surface area (Å²) < 4.78 is 0. The first-order chi connectivity index (χ1) is 9.50. The number of nitrogens with zero attached hydrogens (tertiary/aromatic N) is 2. The molecule has 2 N–H and O–H groups in total. The molecule has 0 spiro atoms. The van der Waals surface area contributed by atoms with Gasteiger partial charge in [0, 0.05) is 38.8 Å². The van der Waals surface area contributed by atoms with Gasteiger partial charge >= 0.3 is 0 Å². The van der Waals surface area contributed by atoms with E-state index in [0.29, 0.717) is 37.4 Å². The summed E-state index contributed by atoms with van der Waals surface area (Å²) >= 11 is 0. The number of hydrogen-bond acceptors (Lipinski definition) is 3. The van der Waals surface area contributed by atoms with E-state index in [0.717, 1.165) is 12.0 Å². The highest BCUT2D eigenvalue weighted by atomic mass is 16.2. The predicted molar refractivity (Wildman–Crippen MR) is 78.4 cm³/mol. The van der Waals surface area contributed by atoms with Crippen molar-refractivity contribution in [3.8, 4) is 0 Å². The molecule has 108 valence electrons. The van der Waals surface area contributed by atoms with Crippen LogP contribution >= 0.6 is 0 Å². The maximum Gasteiger partial charge on any atom is 0.256 e. The SMILES string of the molecule is CC(=O)N1CCCN(C(=O)c2c(C)cccc2N)CC1. The molecule has 1 aromatic carbocycles. The molecule has 0 unspecified atom stereocenters. The molecule has 0 atom stereocenters. The highest BCUT2D eigenvalue weighted by Gasteiger charge is 2.23. The molecule has 0 aromatic heterocycles. The Morgan fingerprint density at radius 3 is 2.40 bits per heavy atom. The van der Waals surface area contributed by atoms with E-state index in [1.54, 1.807) is 22.8 Å². The summed E-state index contributed by atoms with van der Waals surface area (Å²) in [5.74, 6) is 0.0284. The quantitative estimate of drug-likeness (QED) is 0.785. The number of carbonyl (C=O) groups excluding carboxylic acids is 2. The second-order valence-corrected chi connectivity index (χ2v) is 5.19. The summed E-state index contributed by atoms with van der Waals surface area (Å²) in [6.07, 6.45) is 0.803. The Morgan fingerprint density at radius 1 is 1.10 bits per heavy atom. The summed E-state index contributed by atoms with van der Waals surface area (Å²) in [6.45, 7) is 5.98. The van der Waals surface area contributed by atoms with E-state index in [2.05, 4.69) is 0 Å². The molecule has 5 heteroatoms. The lowest BCUT2D eigenvalue weighted by atomic mass is 10.1. The number of carbonyl (C=O) groups is 2. The third-order valence-electron chi connectivity index (χ3n) is 3.75. The van der Waals surface area contributed by atoms with Gasteiger partial charge in [-0.15, -0.1) is 0 Å². The summed E-state index contributed by atoms with van der Waals surface area (Å²) in [5.41, 5.74) is 7.93. The first kappa shape index (κ1) is 14.4. The molecule has 1 aliphatic heterocycles. The molecule has 1 heterocycles. The van der Waals surface area contributed by atoms with Crippen LogP contribution in [0.1, 0.15) is 29.3 Å². The standard InChI is InChI=1S/C15H21N3O2/c1-11-5-3-6-13(16)14(11)15(20)18-8-4-7-17(9-10-18)12(2)19/h3,5-6H,4,7-10,16H2,1-2H3. The van der Waals surface area contributed by atoms with Crippen molar-refractivity contribution in [1.82, 2.24) is 9.80 Å².